The van der Waals surface area contributed by atoms with Crippen molar-refractivity contribution in [3.63, 3.8) is 0 Å². The first kappa shape index (κ1) is 18.8. The smallest absolute Gasteiger partial charge is 0.275 e. The molecule has 1 saturated heterocycles. The van der Waals surface area contributed by atoms with E-state index in [9.17, 15) is 13.2 Å². The molecule has 0 radical (unpaired) electrons. The lowest BCUT2D eigenvalue weighted by Crippen LogP contribution is -2.40. The summed E-state index contributed by atoms with van der Waals surface area (Å²) in [6.07, 6.45) is 2.09. The van der Waals surface area contributed by atoms with Crippen LogP contribution in [0.1, 0.15) is 30.3 Å². The van der Waals surface area contributed by atoms with E-state index in [2.05, 4.69) is 27.1 Å². The lowest BCUT2D eigenvalue weighted by atomic mass is 10.2. The molecule has 1 aliphatic rings. The van der Waals surface area contributed by atoms with Gasteiger partial charge in [0, 0.05) is 12.6 Å². The number of ether oxygens (including phenoxy) is 1. The predicted octanol–water partition coefficient (Wildman–Crippen LogP) is 0.000100. The van der Waals surface area contributed by atoms with Gasteiger partial charge in [-0.15, -0.1) is 0 Å². The number of aromatic nitrogens is 2. The van der Waals surface area contributed by atoms with Crippen LogP contribution >= 0.6 is 11.6 Å². The third kappa shape index (κ3) is 4.12. The van der Waals surface area contributed by atoms with Crippen molar-refractivity contribution in [2.75, 3.05) is 26.7 Å². The number of hydrogen-bond acceptors (Lipinski definition) is 7. The fraction of sp³-hybridized carbons (Fsp3) is 0.615. The average molecular weight is 378 g/mol. The summed E-state index contributed by atoms with van der Waals surface area (Å²) in [7, 11) is -2.92. The van der Waals surface area contributed by atoms with Crippen LogP contribution in [-0.2, 0) is 10.0 Å². The van der Waals surface area contributed by atoms with Crippen molar-refractivity contribution < 1.29 is 17.9 Å². The Bertz CT molecular complexity index is 727. The van der Waals surface area contributed by atoms with E-state index in [-0.39, 0.29) is 17.6 Å². The molecule has 0 saturated carbocycles. The molecule has 1 unspecified atom stereocenters. The number of rotatable bonds is 6. The summed E-state index contributed by atoms with van der Waals surface area (Å²) in [5.41, 5.74) is -0.184. The Morgan fingerprint density at radius 3 is 2.79 bits per heavy atom. The van der Waals surface area contributed by atoms with Crippen LogP contribution in [0.4, 0.5) is 0 Å². The maximum Gasteiger partial charge on any atom is 0.275 e. The molecule has 0 aliphatic carbocycles. The van der Waals surface area contributed by atoms with Crippen molar-refractivity contribution in [3.8, 4) is 5.88 Å². The quantitative estimate of drug-likeness (QED) is 0.714. The van der Waals surface area contributed by atoms with Crippen LogP contribution in [0.2, 0.25) is 5.15 Å². The van der Waals surface area contributed by atoms with Gasteiger partial charge in [-0.05, 0) is 25.9 Å². The van der Waals surface area contributed by atoms with Crippen LogP contribution in [0.25, 0.3) is 0 Å². The summed E-state index contributed by atoms with van der Waals surface area (Å²) in [5.74, 6) is -0.787. The fourth-order valence-electron chi connectivity index (χ4n) is 2.69. The van der Waals surface area contributed by atoms with Gasteiger partial charge < -0.3 is 10.1 Å². The predicted molar refractivity (Wildman–Crippen MR) is 87.6 cm³/mol. The molecule has 3 N–H and O–H groups in total. The van der Waals surface area contributed by atoms with Gasteiger partial charge >= 0.3 is 0 Å². The molecule has 2 heterocycles. The molecule has 0 spiro atoms. The minimum absolute atomic E-state index is 0.184. The van der Waals surface area contributed by atoms with Gasteiger partial charge in [0.25, 0.3) is 15.9 Å². The van der Waals surface area contributed by atoms with E-state index in [0.717, 1.165) is 25.9 Å². The van der Waals surface area contributed by atoms with Crippen LogP contribution in [-0.4, -0.2) is 62.0 Å². The SMILES string of the molecule is CCN1CCCC1CNC(=O)c1nc(Cl)c(S(N)(=O)=O)nc1OC. The Labute approximate surface area is 145 Å². The zero-order valence-electron chi connectivity index (χ0n) is 13.5. The maximum atomic E-state index is 12.3. The summed E-state index contributed by atoms with van der Waals surface area (Å²) in [6.45, 7) is 4.44. The Hall–Kier alpha value is -1.49. The number of likely N-dealkylation sites (tertiary alicyclic amines) is 1. The van der Waals surface area contributed by atoms with Gasteiger partial charge in [-0.1, -0.05) is 18.5 Å². The highest BCUT2D eigenvalue weighted by Gasteiger charge is 2.27. The van der Waals surface area contributed by atoms with Crippen molar-refractivity contribution in [1.29, 1.82) is 0 Å². The van der Waals surface area contributed by atoms with Gasteiger partial charge in [-0.2, -0.15) is 4.98 Å². The van der Waals surface area contributed by atoms with Crippen LogP contribution < -0.4 is 15.2 Å². The normalized spacial score (nSPS) is 18.6. The number of methoxy groups -OCH3 is 1. The molecule has 9 nitrogen and oxygen atoms in total. The van der Waals surface area contributed by atoms with Crippen LogP contribution in [0.5, 0.6) is 5.88 Å². The van der Waals surface area contributed by atoms with Crippen molar-refractivity contribution in [2.24, 2.45) is 5.14 Å². The van der Waals surface area contributed by atoms with Crippen molar-refractivity contribution in [3.05, 3.63) is 10.8 Å². The molecule has 0 bridgehead atoms. The monoisotopic (exact) mass is 377 g/mol. The first-order chi connectivity index (χ1) is 11.3. The van der Waals surface area contributed by atoms with Gasteiger partial charge in [-0.3, -0.25) is 9.69 Å². The Kier molecular flexibility index (Phi) is 5.97. The first-order valence-electron chi connectivity index (χ1n) is 7.44. The van der Waals surface area contributed by atoms with Crippen LogP contribution in [0, 0.1) is 0 Å². The molecule has 1 atom stereocenters. The second-order valence-corrected chi connectivity index (χ2v) is 7.19. The highest BCUT2D eigenvalue weighted by Crippen LogP contribution is 2.22. The second-order valence-electron chi connectivity index (χ2n) is 5.36. The standard InChI is InChI=1S/C13H20ClN5O4S/c1-3-19-6-4-5-8(19)7-16-11(20)9-12(23-2)18-13(10(14)17-9)24(15,21)22/h8H,3-7H2,1-2H3,(H,16,20)(H2,15,21,22). The largest absolute Gasteiger partial charge is 0.479 e. The number of nitrogens with zero attached hydrogens (tertiary/aromatic N) is 3. The third-order valence-corrected chi connectivity index (χ3v) is 5.07. The molecule has 11 heteroatoms. The zero-order valence-corrected chi connectivity index (χ0v) is 15.0. The Balaban J connectivity index is 2.18. The molecule has 1 fully saturated rings. The molecule has 0 aromatic carbocycles. The van der Waals surface area contributed by atoms with Gasteiger partial charge in [0.05, 0.1) is 7.11 Å². The summed E-state index contributed by atoms with van der Waals surface area (Å²) >= 11 is 5.78. The van der Waals surface area contributed by atoms with Crippen molar-refractivity contribution in [1.82, 2.24) is 20.2 Å². The first-order valence-corrected chi connectivity index (χ1v) is 9.37. The number of hydrogen-bond donors (Lipinski definition) is 2. The molecule has 134 valence electrons. The molecular formula is C13H20ClN5O4S. The van der Waals surface area contributed by atoms with Crippen LogP contribution in [0.15, 0.2) is 5.03 Å². The Morgan fingerprint density at radius 1 is 1.50 bits per heavy atom. The lowest BCUT2D eigenvalue weighted by molar-refractivity contribution is 0.0931. The highest BCUT2D eigenvalue weighted by atomic mass is 35.5. The number of nitrogens with one attached hydrogen (secondary N) is 1. The summed E-state index contributed by atoms with van der Waals surface area (Å²) < 4.78 is 27.8. The lowest BCUT2D eigenvalue weighted by Gasteiger charge is -2.22. The molecule has 2 rings (SSSR count). The van der Waals surface area contributed by atoms with E-state index in [1.54, 1.807) is 0 Å². The summed E-state index contributed by atoms with van der Waals surface area (Å²) in [6, 6.07) is 0.261. The van der Waals surface area contributed by atoms with Crippen LogP contribution in [0.3, 0.4) is 0 Å². The van der Waals surface area contributed by atoms with E-state index < -0.39 is 26.1 Å². The second kappa shape index (κ2) is 7.60. The van der Waals surface area contributed by atoms with E-state index >= 15 is 0 Å². The molecule has 1 aromatic heterocycles. The number of halogens is 1. The number of sulfonamides is 1. The molecule has 1 aromatic rings. The molecule has 1 amide bonds. The minimum atomic E-state index is -4.17. The van der Waals surface area contributed by atoms with Crippen molar-refractivity contribution in [2.45, 2.75) is 30.8 Å². The van der Waals surface area contributed by atoms with Gasteiger partial charge in [0.15, 0.2) is 10.8 Å². The third-order valence-electron chi connectivity index (χ3n) is 3.87. The van der Waals surface area contributed by atoms with E-state index in [0.29, 0.717) is 6.54 Å². The van der Waals surface area contributed by atoms with E-state index in [4.69, 9.17) is 21.5 Å². The number of likely N-dealkylation sites (N-methyl/N-ethyl adjacent to an activating group) is 1. The number of carbonyl (C=O) groups is 1. The number of nitrogens with two attached hydrogens (primary N) is 1. The maximum absolute atomic E-state index is 12.3. The minimum Gasteiger partial charge on any atom is -0.479 e. The average Bonchev–Trinajstić information content (AvgIpc) is 2.98. The number of amides is 1. The number of primary sulfonamides is 1. The summed E-state index contributed by atoms with van der Waals surface area (Å²) in [5, 5.41) is 6.66. The molecule has 1 aliphatic heterocycles. The highest BCUT2D eigenvalue weighted by molar-refractivity contribution is 7.89. The summed E-state index contributed by atoms with van der Waals surface area (Å²) in [4.78, 5) is 22.1. The van der Waals surface area contributed by atoms with Gasteiger partial charge in [-0.25, -0.2) is 18.5 Å². The van der Waals surface area contributed by atoms with Gasteiger partial charge in [0.2, 0.25) is 10.9 Å². The fourth-order valence-corrected chi connectivity index (χ4v) is 3.63. The van der Waals surface area contributed by atoms with E-state index in [1.165, 1.54) is 7.11 Å². The van der Waals surface area contributed by atoms with Crippen molar-refractivity contribution >= 4 is 27.5 Å². The molecule has 24 heavy (non-hydrogen) atoms. The number of carbonyl (C=O) groups excluding carboxylic acids is 1. The molecular weight excluding hydrogens is 358 g/mol. The van der Waals surface area contributed by atoms with Gasteiger partial charge in [0.1, 0.15) is 0 Å². The van der Waals surface area contributed by atoms with E-state index in [1.807, 2.05) is 0 Å². The zero-order chi connectivity index (χ0) is 17.9. The topological polar surface area (TPSA) is 128 Å². The Morgan fingerprint density at radius 2 is 2.21 bits per heavy atom.